The molecule has 0 saturated carbocycles. The molecule has 23 heteroatoms. The van der Waals surface area contributed by atoms with Crippen LogP contribution in [0.25, 0.3) is 0 Å². The molecule has 0 amide bonds. The smallest absolute Gasteiger partial charge is 0.201 e. The Hall–Kier alpha value is -0.603. The molecule has 0 atom stereocenters. The maximum absolute atomic E-state index is 13.4. The van der Waals surface area contributed by atoms with E-state index in [2.05, 4.69) is 22.2 Å². The van der Waals surface area contributed by atoms with E-state index in [9.17, 15) is 87.8 Å². The van der Waals surface area contributed by atoms with Crippen molar-refractivity contribution in [3.63, 3.8) is 0 Å². The second kappa shape index (κ2) is 7.45. The topological polar surface area (TPSA) is 0 Å². The second-order valence-electron chi connectivity index (χ2n) is 5.59. The predicted octanol–water partition coefficient (Wildman–Crippen LogP) is 7.56. The van der Waals surface area contributed by atoms with Crippen molar-refractivity contribution < 1.29 is 87.8 Å². The Bertz CT molecular complexity index is 641. The standard InChI is InChI=1S/C9Cl2F20Si/c10-32(11,9(29,30)31)8(27,28)6(22,23)4(18,19)2(14,15)1(12,13)3(16,17)5(20,21)7(24,25)26. The molecule has 194 valence electrons. The highest BCUT2D eigenvalue weighted by molar-refractivity contribution is 7.47. The average Bonchev–Trinajstić information content (AvgIpc) is 2.51. The van der Waals surface area contributed by atoms with Crippen molar-refractivity contribution in [3.8, 4) is 0 Å². The fourth-order valence-corrected chi connectivity index (χ4v) is 3.16. The minimum absolute atomic E-state index is 3.85. The molecule has 0 fully saturated rings. The van der Waals surface area contributed by atoms with Gasteiger partial charge in [0.1, 0.15) is 0 Å². The second-order valence-corrected chi connectivity index (χ2v) is 11.9. The first-order valence-electron chi connectivity index (χ1n) is 6.41. The average molecular weight is 587 g/mol. The Morgan fingerprint density at radius 3 is 0.781 bits per heavy atom. The van der Waals surface area contributed by atoms with Crippen LogP contribution in [0, 0.1) is 0 Å². The molecule has 0 aliphatic rings. The van der Waals surface area contributed by atoms with Crippen molar-refractivity contribution in [2.24, 2.45) is 0 Å². The molecule has 0 aromatic rings. The van der Waals surface area contributed by atoms with E-state index >= 15 is 0 Å². The molecule has 0 unspecified atom stereocenters. The number of halogens is 22. The van der Waals surface area contributed by atoms with Crippen LogP contribution in [0.1, 0.15) is 0 Å². The molecular formula is C9Cl2F20Si. The minimum Gasteiger partial charge on any atom is -0.201 e. The SMILES string of the molecule is FC(F)(F)C(F)(F)C(F)(F)C(F)(F)C(F)(F)C(F)(F)C(F)(F)C(F)(F)[Si](Cl)(Cl)C(F)(F)F. The molecule has 0 heterocycles. The zero-order valence-corrected chi connectivity index (χ0v) is 15.8. The normalized spacial score (nSPS) is 17.1. The summed E-state index contributed by atoms with van der Waals surface area (Å²) in [5, 5.41) is 0. The molecule has 0 radical (unpaired) electrons. The van der Waals surface area contributed by atoms with E-state index in [0.29, 0.717) is 0 Å². The summed E-state index contributed by atoms with van der Waals surface area (Å²) in [6.07, 6.45) is -7.94. The van der Waals surface area contributed by atoms with Crippen molar-refractivity contribution in [3.05, 3.63) is 0 Å². The van der Waals surface area contributed by atoms with Gasteiger partial charge in [0.2, 0.25) is 0 Å². The van der Waals surface area contributed by atoms with E-state index < -0.39 is 59.8 Å². The molecule has 32 heavy (non-hydrogen) atoms. The van der Waals surface area contributed by atoms with Gasteiger partial charge in [-0.3, -0.25) is 0 Å². The Balaban J connectivity index is 7.00. The lowest BCUT2D eigenvalue weighted by atomic mass is 9.91. The molecule has 0 spiro atoms. The van der Waals surface area contributed by atoms with Crippen LogP contribution in [-0.4, -0.2) is 59.8 Å². The quantitative estimate of drug-likeness (QED) is 0.164. The number of rotatable bonds is 7. The summed E-state index contributed by atoms with van der Waals surface area (Å²) in [4.78, 5) is 0. The molecule has 0 aromatic carbocycles. The third-order valence-corrected chi connectivity index (χ3v) is 8.00. The first-order valence-corrected chi connectivity index (χ1v) is 10.4. The van der Waals surface area contributed by atoms with Crippen LogP contribution in [0.5, 0.6) is 0 Å². The first kappa shape index (κ1) is 31.4. The van der Waals surface area contributed by atoms with Crippen LogP contribution < -0.4 is 0 Å². The van der Waals surface area contributed by atoms with E-state index in [0.717, 1.165) is 0 Å². The van der Waals surface area contributed by atoms with Gasteiger partial charge in [0.05, 0.1) is 0 Å². The fraction of sp³-hybridized carbons (Fsp3) is 1.00. The summed E-state index contributed by atoms with van der Waals surface area (Å²) in [5.41, 5.74) is -7.88. The van der Waals surface area contributed by atoms with E-state index in [1.54, 1.807) is 0 Å². The third-order valence-electron chi connectivity index (χ3n) is 3.47. The van der Waals surface area contributed by atoms with Gasteiger partial charge in [0, 0.05) is 0 Å². The van der Waals surface area contributed by atoms with Gasteiger partial charge in [0.15, 0.2) is 0 Å². The number of alkyl halides is 20. The maximum Gasteiger partial charge on any atom is 0.460 e. The summed E-state index contributed by atoms with van der Waals surface area (Å²) < 4.78 is 256. The molecule has 0 nitrogen and oxygen atoms in total. The molecule has 0 N–H and O–H groups in total. The van der Waals surface area contributed by atoms with Gasteiger partial charge in [-0.15, -0.1) is 22.2 Å². The lowest BCUT2D eigenvalue weighted by Gasteiger charge is -2.44. The maximum atomic E-state index is 13.4. The summed E-state index contributed by atoms with van der Waals surface area (Å²) in [6, 6.07) is 0. The van der Waals surface area contributed by atoms with Crippen LogP contribution in [0.15, 0.2) is 0 Å². The van der Waals surface area contributed by atoms with E-state index in [1.807, 2.05) is 0 Å². The van der Waals surface area contributed by atoms with Crippen molar-refractivity contribution >= 4 is 28.9 Å². The molecule has 0 aliphatic carbocycles. The van der Waals surface area contributed by atoms with Crippen LogP contribution in [-0.2, 0) is 0 Å². The van der Waals surface area contributed by atoms with Crippen LogP contribution >= 0.6 is 22.2 Å². The van der Waals surface area contributed by atoms with Crippen molar-refractivity contribution in [1.29, 1.82) is 0 Å². The molecule has 0 aromatic heterocycles. The number of hydrogen-bond acceptors (Lipinski definition) is 0. The van der Waals surface area contributed by atoms with E-state index in [4.69, 9.17) is 0 Å². The zero-order valence-electron chi connectivity index (χ0n) is 13.3. The van der Waals surface area contributed by atoms with Gasteiger partial charge < -0.3 is 0 Å². The monoisotopic (exact) mass is 586 g/mol. The zero-order chi connectivity index (χ0) is 27.0. The summed E-state index contributed by atoms with van der Waals surface area (Å²) in [7, 11) is 0. The molecule has 0 bridgehead atoms. The van der Waals surface area contributed by atoms with Gasteiger partial charge in [-0.05, 0) is 0 Å². The summed E-state index contributed by atoms with van der Waals surface area (Å²) in [6.45, 7) is -8.34. The van der Waals surface area contributed by atoms with Crippen LogP contribution in [0.4, 0.5) is 87.8 Å². The van der Waals surface area contributed by atoms with Gasteiger partial charge in [-0.2, -0.15) is 79.0 Å². The van der Waals surface area contributed by atoms with Crippen LogP contribution in [0.2, 0.25) is 0 Å². The molecule has 0 rings (SSSR count). The van der Waals surface area contributed by atoms with Gasteiger partial charge >= 0.3 is 59.8 Å². The largest absolute Gasteiger partial charge is 0.460 e. The Morgan fingerprint density at radius 2 is 0.562 bits per heavy atom. The lowest BCUT2D eigenvalue weighted by molar-refractivity contribution is -0.458. The lowest BCUT2D eigenvalue weighted by Crippen LogP contribution is -2.77. The van der Waals surface area contributed by atoms with Crippen molar-refractivity contribution in [1.82, 2.24) is 0 Å². The highest BCUT2D eigenvalue weighted by atomic mass is 35.7. The van der Waals surface area contributed by atoms with Crippen molar-refractivity contribution in [2.75, 3.05) is 0 Å². The van der Waals surface area contributed by atoms with Gasteiger partial charge in [-0.1, -0.05) is 0 Å². The Kier molecular flexibility index (Phi) is 7.31. The third kappa shape index (κ3) is 3.67. The summed E-state index contributed by atoms with van der Waals surface area (Å²) >= 11 is 7.70. The highest BCUT2D eigenvalue weighted by Gasteiger charge is 2.97. The molecule has 0 saturated heterocycles. The van der Waals surface area contributed by atoms with Gasteiger partial charge in [-0.25, -0.2) is 8.78 Å². The summed E-state index contributed by atoms with van der Waals surface area (Å²) in [5.74, 6) is -59.6. The number of hydrogen-bond donors (Lipinski definition) is 0. The van der Waals surface area contributed by atoms with E-state index in [-0.39, 0.29) is 0 Å². The molecule has 0 aliphatic heterocycles. The van der Waals surface area contributed by atoms with Crippen LogP contribution in [0.3, 0.4) is 0 Å². The van der Waals surface area contributed by atoms with Gasteiger partial charge in [0.25, 0.3) is 0 Å². The molecular weight excluding hydrogens is 587 g/mol. The first-order chi connectivity index (χ1) is 13.2. The predicted molar refractivity (Wildman–Crippen MR) is 64.2 cm³/mol. The highest BCUT2D eigenvalue weighted by Crippen LogP contribution is 2.65. The Labute approximate surface area is 170 Å². The van der Waals surface area contributed by atoms with E-state index in [1.165, 1.54) is 0 Å². The fourth-order valence-electron chi connectivity index (χ4n) is 1.54. The van der Waals surface area contributed by atoms with Crippen molar-refractivity contribution in [2.45, 2.75) is 53.1 Å². The Morgan fingerprint density at radius 1 is 0.344 bits per heavy atom. The minimum atomic E-state index is -9.00.